The second kappa shape index (κ2) is 20.7. The zero-order chi connectivity index (χ0) is 53.3. The summed E-state index contributed by atoms with van der Waals surface area (Å²) in [5, 5.41) is 139. The fourth-order valence-electron chi connectivity index (χ4n) is 15.6. The lowest BCUT2D eigenvalue weighted by molar-refractivity contribution is -0.388. The number of aliphatic hydroxyl groups excluding tert-OH is 13. The summed E-state index contributed by atoms with van der Waals surface area (Å²) in [7, 11) is 0. The Labute approximate surface area is 430 Å². The summed E-state index contributed by atoms with van der Waals surface area (Å²) >= 11 is 0. The molecule has 23 heteroatoms. The maximum Gasteiger partial charge on any atom is 0.187 e. The second-order valence-corrected chi connectivity index (χ2v) is 24.3. The maximum atomic E-state index is 12.3. The van der Waals surface area contributed by atoms with Crippen LogP contribution >= 0.6 is 0 Å². The summed E-state index contributed by atoms with van der Waals surface area (Å²) in [6.45, 7) is 10.4. The monoisotopic (exact) mass is 1060 g/mol. The van der Waals surface area contributed by atoms with Crippen molar-refractivity contribution < 1.29 is 114 Å². The molecular formula is C51H82O23. The predicted molar refractivity (Wildman–Crippen MR) is 248 cm³/mol. The molecule has 0 bridgehead atoms. The van der Waals surface area contributed by atoms with Crippen molar-refractivity contribution in [3.05, 3.63) is 11.6 Å². The number of hydrogen-bond donors (Lipinski definition) is 13. The van der Waals surface area contributed by atoms with E-state index in [1.807, 2.05) is 13.0 Å². The van der Waals surface area contributed by atoms with E-state index in [0.29, 0.717) is 32.1 Å². The molecule has 3 saturated carbocycles. The van der Waals surface area contributed by atoms with E-state index in [1.54, 1.807) is 0 Å². The Morgan fingerprint density at radius 1 is 0.581 bits per heavy atom. The van der Waals surface area contributed by atoms with E-state index >= 15 is 0 Å². The van der Waals surface area contributed by atoms with Gasteiger partial charge in [-0.3, -0.25) is 0 Å². The molecule has 6 heterocycles. The summed E-state index contributed by atoms with van der Waals surface area (Å²) in [5.41, 5.74) is -0.263. The number of ether oxygens (including phenoxy) is 10. The first-order valence-corrected chi connectivity index (χ1v) is 26.9. The smallest absolute Gasteiger partial charge is 0.187 e. The van der Waals surface area contributed by atoms with Crippen LogP contribution in [0.4, 0.5) is 0 Å². The van der Waals surface area contributed by atoms with Crippen molar-refractivity contribution >= 4 is 0 Å². The molecule has 424 valence electrons. The van der Waals surface area contributed by atoms with Crippen LogP contribution in [-0.4, -0.2) is 239 Å². The van der Waals surface area contributed by atoms with Crippen LogP contribution in [0.1, 0.15) is 92.9 Å². The van der Waals surface area contributed by atoms with Gasteiger partial charge in [0, 0.05) is 12.3 Å². The van der Waals surface area contributed by atoms with Crippen LogP contribution in [0, 0.1) is 40.4 Å². The lowest BCUT2D eigenvalue weighted by Gasteiger charge is -2.59. The van der Waals surface area contributed by atoms with Gasteiger partial charge in [0.15, 0.2) is 30.9 Å². The lowest BCUT2D eigenvalue weighted by Crippen LogP contribution is -2.66. The van der Waals surface area contributed by atoms with Crippen LogP contribution in [0.5, 0.6) is 0 Å². The Balaban J connectivity index is 0.823. The molecule has 32 atom stereocenters. The quantitative estimate of drug-likeness (QED) is 0.0927. The van der Waals surface area contributed by atoms with Gasteiger partial charge in [0.2, 0.25) is 0 Å². The standard InChI is InChI=1S/C51H82O23/c1-19-31-27(73-51(19)12-11-48(4,74-51)18-65-44-38(61)37(60)34(57)28(16-52)69-44)15-25-30-24(8-10-50(25,31)6)49(5)9-7-23(13-22(49)14-26(30)54)68-47-43(72-46-40(63)36(59)33(56)21(3)67-46)41(64)42(29(17-53)70-47)71-45-39(62)35(58)32(55)20(2)66-45/h14,19-21,23-47,52-64H,7-13,15-18H2,1-6H3/t19-,20-,21-,23-,24+,25+,26-,27+,28-,29-,30+,31+,32-,33-,34-,35+,36+,37+,38-,39-,40-,41+,42-,43-,44-,45+,46+,47-,48+,49-,50-,51+/m0/s1. The number of aliphatic hydroxyl groups is 13. The third-order valence-corrected chi connectivity index (χ3v) is 19.9. The van der Waals surface area contributed by atoms with Gasteiger partial charge in [-0.05, 0) is 100 Å². The predicted octanol–water partition coefficient (Wildman–Crippen LogP) is -2.85. The summed E-state index contributed by atoms with van der Waals surface area (Å²) < 4.78 is 62.0. The summed E-state index contributed by atoms with van der Waals surface area (Å²) in [5.74, 6) is -0.505. The number of hydrogen-bond acceptors (Lipinski definition) is 23. The molecule has 0 amide bonds. The third kappa shape index (κ3) is 9.29. The number of fused-ring (bicyclic) bond motifs is 7. The van der Waals surface area contributed by atoms with Crippen molar-refractivity contribution in [1.29, 1.82) is 0 Å². The van der Waals surface area contributed by atoms with Gasteiger partial charge in [-0.1, -0.05) is 32.4 Å². The van der Waals surface area contributed by atoms with Crippen LogP contribution < -0.4 is 0 Å². The molecule has 0 radical (unpaired) electrons. The summed E-state index contributed by atoms with van der Waals surface area (Å²) in [4.78, 5) is 0. The maximum absolute atomic E-state index is 12.3. The Morgan fingerprint density at radius 2 is 1.18 bits per heavy atom. The molecule has 6 saturated heterocycles. The van der Waals surface area contributed by atoms with Crippen molar-refractivity contribution in [2.75, 3.05) is 19.8 Å². The lowest BCUT2D eigenvalue weighted by atomic mass is 9.46. The molecule has 1 spiro atoms. The summed E-state index contributed by atoms with van der Waals surface area (Å²) in [6, 6.07) is 0. The van der Waals surface area contributed by atoms with Gasteiger partial charge in [0.25, 0.3) is 0 Å². The van der Waals surface area contributed by atoms with Crippen molar-refractivity contribution in [1.82, 2.24) is 0 Å². The van der Waals surface area contributed by atoms with Gasteiger partial charge in [-0.25, -0.2) is 0 Å². The molecule has 0 aromatic rings. The molecule has 4 aliphatic carbocycles. The van der Waals surface area contributed by atoms with Crippen LogP contribution in [-0.2, 0) is 47.4 Å². The first-order chi connectivity index (χ1) is 34.9. The molecule has 10 aliphatic rings. The zero-order valence-electron chi connectivity index (χ0n) is 42.9. The highest BCUT2D eigenvalue weighted by Gasteiger charge is 2.71. The minimum atomic E-state index is -1.78. The van der Waals surface area contributed by atoms with E-state index in [9.17, 15) is 66.4 Å². The van der Waals surface area contributed by atoms with Crippen LogP contribution in [0.15, 0.2) is 11.6 Å². The van der Waals surface area contributed by atoms with Crippen molar-refractivity contribution in [3.63, 3.8) is 0 Å². The Morgan fingerprint density at radius 3 is 1.81 bits per heavy atom. The first kappa shape index (κ1) is 56.1. The van der Waals surface area contributed by atoms with Crippen molar-refractivity contribution in [2.24, 2.45) is 40.4 Å². The molecule has 10 rings (SSSR count). The zero-order valence-corrected chi connectivity index (χ0v) is 42.9. The molecule has 9 fully saturated rings. The molecule has 0 aromatic carbocycles. The topological polar surface area (TPSA) is 355 Å². The Kier molecular flexibility index (Phi) is 15.7. The fraction of sp³-hybridized carbons (Fsp3) is 0.961. The molecule has 13 N–H and O–H groups in total. The van der Waals surface area contributed by atoms with Crippen LogP contribution in [0.25, 0.3) is 0 Å². The average molecular weight is 1060 g/mol. The van der Waals surface area contributed by atoms with E-state index in [-0.39, 0.29) is 53.1 Å². The van der Waals surface area contributed by atoms with E-state index in [0.717, 1.165) is 24.8 Å². The first-order valence-electron chi connectivity index (χ1n) is 26.9. The highest BCUT2D eigenvalue weighted by Crippen LogP contribution is 2.71. The Hall–Kier alpha value is -1.18. The largest absolute Gasteiger partial charge is 0.394 e. The van der Waals surface area contributed by atoms with E-state index in [4.69, 9.17) is 47.4 Å². The minimum Gasteiger partial charge on any atom is -0.394 e. The molecule has 6 aliphatic heterocycles. The molecular weight excluding hydrogens is 981 g/mol. The van der Waals surface area contributed by atoms with E-state index in [1.165, 1.54) is 13.8 Å². The van der Waals surface area contributed by atoms with Crippen molar-refractivity contribution in [3.8, 4) is 0 Å². The highest BCUT2D eigenvalue weighted by atomic mass is 16.8. The molecule has 0 unspecified atom stereocenters. The summed E-state index contributed by atoms with van der Waals surface area (Å²) in [6.07, 6.45) is -23.6. The van der Waals surface area contributed by atoms with E-state index in [2.05, 4.69) is 20.8 Å². The second-order valence-electron chi connectivity index (χ2n) is 24.3. The molecule has 23 nitrogen and oxygen atoms in total. The minimum absolute atomic E-state index is 0.00504. The van der Waals surface area contributed by atoms with Gasteiger partial charge in [0.1, 0.15) is 85.5 Å². The van der Waals surface area contributed by atoms with Gasteiger partial charge < -0.3 is 114 Å². The normalized spacial score (nSPS) is 58.4. The molecule has 0 aromatic heterocycles. The van der Waals surface area contributed by atoms with Gasteiger partial charge >= 0.3 is 0 Å². The molecule has 74 heavy (non-hydrogen) atoms. The van der Waals surface area contributed by atoms with Crippen molar-refractivity contribution in [2.45, 2.75) is 245 Å². The van der Waals surface area contributed by atoms with Gasteiger partial charge in [-0.2, -0.15) is 0 Å². The Bertz CT molecular complexity index is 2000. The average Bonchev–Trinajstić information content (AvgIpc) is 3.97. The van der Waals surface area contributed by atoms with Crippen LogP contribution in [0.3, 0.4) is 0 Å². The third-order valence-electron chi connectivity index (χ3n) is 19.9. The SMILES string of the molecule is C[C@@H]1O[C@H](O[C@@H]2[C@@H](O[C@H]3CC[C@@]4(C)C(=C[C@H](O)[C@H]5[C@H]6C[C@H]7O[C@@]8(CC[C@](C)(CO[C@H]9O[C@@H](CO)[C@H](O)[C@@H](O)[C@@H]9O)O8)[C@@H](C)[C@H]7[C@@]6(C)CC[C@H]54)C3)O[C@@H](CO)[C@H](O[C@H]3O[C@@H](C)[C@H](O)[C@@H](O)[C@@H]3O)[C@H]2O)[C@@H](O)[C@H](O)[C@H]1O. The van der Waals surface area contributed by atoms with E-state index < -0.39 is 160 Å². The highest BCUT2D eigenvalue weighted by molar-refractivity contribution is 5.29. The number of rotatable bonds is 11. The van der Waals surface area contributed by atoms with Gasteiger partial charge in [0.05, 0.1) is 55.9 Å². The fourth-order valence-corrected chi connectivity index (χ4v) is 15.6. The van der Waals surface area contributed by atoms with Crippen LogP contribution in [0.2, 0.25) is 0 Å². The van der Waals surface area contributed by atoms with Gasteiger partial charge in [-0.15, -0.1) is 0 Å².